The summed E-state index contributed by atoms with van der Waals surface area (Å²) in [5, 5.41) is 9.33. The van der Waals surface area contributed by atoms with Crippen LogP contribution in [-0.2, 0) is 10.0 Å². The van der Waals surface area contributed by atoms with Crippen LogP contribution in [0, 0.1) is 0 Å². The number of methoxy groups -OCH3 is 1. The monoisotopic (exact) mass is 510 g/mol. The van der Waals surface area contributed by atoms with Crippen LogP contribution < -0.4 is 24.5 Å². The molecule has 2 aromatic heterocycles. The van der Waals surface area contributed by atoms with E-state index in [2.05, 4.69) is 19.7 Å². The van der Waals surface area contributed by atoms with E-state index in [1.54, 1.807) is 48.5 Å². The van der Waals surface area contributed by atoms with Crippen molar-refractivity contribution in [3.8, 4) is 34.5 Å². The Balaban J connectivity index is 1.91. The highest BCUT2D eigenvalue weighted by molar-refractivity contribution is 7.92. The molecule has 12 heteroatoms. The third kappa shape index (κ3) is 5.62. The Hall–Kier alpha value is -4.42. The van der Waals surface area contributed by atoms with Crippen molar-refractivity contribution in [1.82, 2.24) is 15.0 Å². The fraction of sp³-hybridized carbons (Fsp3) is 0.125. The van der Waals surface area contributed by atoms with E-state index in [1.807, 2.05) is 0 Å². The van der Waals surface area contributed by atoms with Crippen molar-refractivity contribution >= 4 is 15.8 Å². The number of hydrogen-bond acceptors (Lipinski definition) is 9. The van der Waals surface area contributed by atoms with Crippen LogP contribution in [0.3, 0.4) is 0 Å². The number of ether oxygens (including phenoxy) is 3. The summed E-state index contributed by atoms with van der Waals surface area (Å²) in [6.07, 6.45) is 1.41. The van der Waals surface area contributed by atoms with Crippen LogP contribution >= 0.6 is 0 Å². The zero-order valence-corrected chi connectivity index (χ0v) is 19.9. The highest BCUT2D eigenvalue weighted by atomic mass is 32.2. The van der Waals surface area contributed by atoms with Gasteiger partial charge in [0, 0.05) is 17.8 Å². The molecule has 0 spiro atoms. The first kappa shape index (κ1) is 24.7. The Bertz CT molecular complexity index is 1510. The summed E-state index contributed by atoms with van der Waals surface area (Å²) < 4.78 is 45.7. The summed E-state index contributed by atoms with van der Waals surface area (Å²) in [6, 6.07) is 17.2. The first-order valence-electron chi connectivity index (χ1n) is 10.6. The molecule has 0 aliphatic rings. The molecule has 0 bridgehead atoms. The first-order chi connectivity index (χ1) is 17.4. The fourth-order valence-corrected chi connectivity index (χ4v) is 4.17. The fourth-order valence-electron chi connectivity index (χ4n) is 3.14. The van der Waals surface area contributed by atoms with Gasteiger partial charge in [0.25, 0.3) is 15.9 Å². The molecule has 4 rings (SSSR count). The van der Waals surface area contributed by atoms with Crippen molar-refractivity contribution in [3.63, 3.8) is 0 Å². The maximum Gasteiger partial charge on any atom is 0.263 e. The van der Waals surface area contributed by atoms with E-state index in [0.717, 1.165) is 0 Å². The Labute approximate surface area is 206 Å². The number of aliphatic hydroxyl groups excluding tert-OH is 1. The highest BCUT2D eigenvalue weighted by Gasteiger charge is 2.25. The summed E-state index contributed by atoms with van der Waals surface area (Å²) in [4.78, 5) is 23.0. The van der Waals surface area contributed by atoms with Crippen LogP contribution in [0.4, 0.5) is 5.82 Å². The number of benzene rings is 2. The number of sulfonamides is 1. The minimum absolute atomic E-state index is 0.00724. The number of aromatic amines is 1. The first-order valence-corrected chi connectivity index (χ1v) is 12.1. The number of aromatic nitrogens is 3. The van der Waals surface area contributed by atoms with E-state index in [0.29, 0.717) is 11.3 Å². The van der Waals surface area contributed by atoms with Crippen LogP contribution in [0.15, 0.2) is 82.6 Å². The van der Waals surface area contributed by atoms with Crippen molar-refractivity contribution in [2.45, 2.75) is 4.90 Å². The number of nitrogens with one attached hydrogen (secondary N) is 2. The van der Waals surface area contributed by atoms with Gasteiger partial charge in [-0.15, -0.1) is 0 Å². The molecule has 0 aliphatic carbocycles. The van der Waals surface area contributed by atoms with E-state index in [4.69, 9.17) is 14.2 Å². The second-order valence-corrected chi connectivity index (χ2v) is 8.90. The van der Waals surface area contributed by atoms with Crippen LogP contribution in [0.1, 0.15) is 0 Å². The van der Waals surface area contributed by atoms with Crippen molar-refractivity contribution in [2.75, 3.05) is 25.0 Å². The summed E-state index contributed by atoms with van der Waals surface area (Å²) in [5.74, 6) is 0.0184. The van der Waals surface area contributed by atoms with Gasteiger partial charge in [-0.3, -0.25) is 9.52 Å². The van der Waals surface area contributed by atoms with Gasteiger partial charge in [-0.05, 0) is 30.3 Å². The lowest BCUT2D eigenvalue weighted by Gasteiger charge is -2.18. The number of nitrogens with zero attached hydrogens (tertiary/aromatic N) is 2. The number of pyridine rings is 1. The number of para-hydroxylation sites is 2. The molecular formula is C24H22N4O7S. The lowest BCUT2D eigenvalue weighted by molar-refractivity contribution is 0.192. The predicted octanol–water partition coefficient (Wildman–Crippen LogP) is 2.80. The highest BCUT2D eigenvalue weighted by Crippen LogP contribution is 2.41. The SMILES string of the molecule is COc1ccccc1Oc1c(NS(=O)(=O)c2ccccc2)nc(-c2cc[nH]c(=O)c2)nc1OCCO. The molecule has 0 unspecified atom stereocenters. The number of anilines is 1. The minimum Gasteiger partial charge on any atom is -0.493 e. The Morgan fingerprint density at radius 2 is 1.72 bits per heavy atom. The second-order valence-electron chi connectivity index (χ2n) is 7.22. The molecule has 0 atom stereocenters. The van der Waals surface area contributed by atoms with Gasteiger partial charge >= 0.3 is 0 Å². The summed E-state index contributed by atoms with van der Waals surface area (Å²) in [5.41, 5.74) is -0.105. The third-order valence-corrected chi connectivity index (χ3v) is 6.12. The van der Waals surface area contributed by atoms with E-state index < -0.39 is 15.6 Å². The minimum atomic E-state index is -4.11. The van der Waals surface area contributed by atoms with Crippen LogP contribution in [-0.4, -0.2) is 48.8 Å². The molecule has 186 valence electrons. The lowest BCUT2D eigenvalue weighted by atomic mass is 10.2. The van der Waals surface area contributed by atoms with Gasteiger partial charge in [0.15, 0.2) is 23.1 Å². The molecule has 4 aromatic rings. The molecule has 0 fully saturated rings. The quantitative estimate of drug-likeness (QED) is 0.292. The van der Waals surface area contributed by atoms with Crippen LogP contribution in [0.25, 0.3) is 11.4 Å². The molecule has 2 aromatic carbocycles. The molecular weight excluding hydrogens is 488 g/mol. The van der Waals surface area contributed by atoms with Gasteiger partial charge in [-0.2, -0.15) is 4.98 Å². The second kappa shape index (κ2) is 10.9. The van der Waals surface area contributed by atoms with Crippen LogP contribution in [0.2, 0.25) is 0 Å². The maximum absolute atomic E-state index is 13.2. The Morgan fingerprint density at radius 3 is 2.42 bits per heavy atom. The molecule has 0 radical (unpaired) electrons. The number of aliphatic hydroxyl groups is 1. The summed E-state index contributed by atoms with van der Waals surface area (Å²) in [7, 11) is -2.66. The van der Waals surface area contributed by atoms with Crippen molar-refractivity contribution in [1.29, 1.82) is 0 Å². The molecule has 36 heavy (non-hydrogen) atoms. The van der Waals surface area contributed by atoms with Crippen molar-refractivity contribution < 1.29 is 27.7 Å². The van der Waals surface area contributed by atoms with Crippen LogP contribution in [0.5, 0.6) is 23.1 Å². The van der Waals surface area contributed by atoms with Gasteiger partial charge in [0.1, 0.15) is 6.61 Å². The molecule has 2 heterocycles. The normalized spacial score (nSPS) is 11.1. The summed E-state index contributed by atoms with van der Waals surface area (Å²) in [6.45, 7) is -0.511. The Kier molecular flexibility index (Phi) is 7.47. The molecule has 0 amide bonds. The predicted molar refractivity (Wildman–Crippen MR) is 131 cm³/mol. The molecule has 0 aliphatic heterocycles. The van der Waals surface area contributed by atoms with Gasteiger partial charge in [0.05, 0.1) is 18.6 Å². The standard InChI is InChI=1S/C24H22N4O7S/c1-33-18-9-5-6-10-19(18)35-21-23(28-36(31,32)17-7-3-2-4-8-17)26-22(27-24(21)34-14-13-29)16-11-12-25-20(30)15-16/h2-12,15,29H,13-14H2,1H3,(H,25,30)(H,26,27,28). The zero-order valence-electron chi connectivity index (χ0n) is 19.0. The molecule has 0 saturated carbocycles. The van der Waals surface area contributed by atoms with E-state index in [1.165, 1.54) is 31.5 Å². The van der Waals surface area contributed by atoms with Gasteiger partial charge in [-0.25, -0.2) is 13.4 Å². The van der Waals surface area contributed by atoms with Gasteiger partial charge in [-0.1, -0.05) is 30.3 Å². The van der Waals surface area contributed by atoms with E-state index in [-0.39, 0.29) is 47.1 Å². The van der Waals surface area contributed by atoms with E-state index >= 15 is 0 Å². The molecule has 3 N–H and O–H groups in total. The largest absolute Gasteiger partial charge is 0.493 e. The molecule has 11 nitrogen and oxygen atoms in total. The maximum atomic E-state index is 13.2. The van der Waals surface area contributed by atoms with Gasteiger partial charge < -0.3 is 24.3 Å². The summed E-state index contributed by atoms with van der Waals surface area (Å²) >= 11 is 0. The molecule has 0 saturated heterocycles. The number of hydrogen-bond donors (Lipinski definition) is 3. The average molecular weight is 511 g/mol. The van der Waals surface area contributed by atoms with Gasteiger partial charge in [0.2, 0.25) is 11.3 Å². The van der Waals surface area contributed by atoms with E-state index in [9.17, 15) is 18.3 Å². The zero-order chi connectivity index (χ0) is 25.5. The van der Waals surface area contributed by atoms with Crippen molar-refractivity contribution in [2.24, 2.45) is 0 Å². The smallest absolute Gasteiger partial charge is 0.263 e. The number of rotatable bonds is 10. The number of H-pyrrole nitrogens is 1. The van der Waals surface area contributed by atoms with Crippen molar-refractivity contribution in [3.05, 3.63) is 83.3 Å². The topological polar surface area (TPSA) is 153 Å². The Morgan fingerprint density at radius 1 is 1.00 bits per heavy atom. The third-order valence-electron chi connectivity index (χ3n) is 4.76. The lowest BCUT2D eigenvalue weighted by Crippen LogP contribution is -2.16. The average Bonchev–Trinajstić information content (AvgIpc) is 2.89.